The number of Topliss-reactive ketones (excluding diaryl/α,β-unsaturated/α-hetero) is 1. The summed E-state index contributed by atoms with van der Waals surface area (Å²) in [6, 6.07) is 3.14. The van der Waals surface area contributed by atoms with E-state index in [1.54, 1.807) is 13.8 Å². The van der Waals surface area contributed by atoms with Crippen LogP contribution in [-0.2, 0) is 10.2 Å². The van der Waals surface area contributed by atoms with Gasteiger partial charge in [0.2, 0.25) is 0 Å². The summed E-state index contributed by atoms with van der Waals surface area (Å²) in [6.07, 6.45) is 0. The number of benzene rings is 1. The van der Waals surface area contributed by atoms with Crippen LogP contribution < -0.4 is 0 Å². The maximum absolute atomic E-state index is 13.3. The van der Waals surface area contributed by atoms with Crippen LogP contribution in [0.1, 0.15) is 26.3 Å². The van der Waals surface area contributed by atoms with Gasteiger partial charge < -0.3 is 0 Å². The van der Waals surface area contributed by atoms with Crippen molar-refractivity contribution in [1.29, 1.82) is 0 Å². The van der Waals surface area contributed by atoms with E-state index in [9.17, 15) is 13.6 Å². The van der Waals surface area contributed by atoms with E-state index in [1.807, 2.05) is 0 Å². The molecule has 14 heavy (non-hydrogen) atoms. The van der Waals surface area contributed by atoms with Crippen molar-refractivity contribution in [3.8, 4) is 0 Å². The number of carbonyl (C=O) groups excluding carboxylic acids is 1. The molecule has 3 heteroatoms. The molecule has 0 aromatic heterocycles. The van der Waals surface area contributed by atoms with Gasteiger partial charge >= 0.3 is 0 Å². The van der Waals surface area contributed by atoms with Gasteiger partial charge in [-0.2, -0.15) is 0 Å². The molecule has 1 rings (SSSR count). The van der Waals surface area contributed by atoms with Gasteiger partial charge in [0, 0.05) is 5.56 Å². The molecule has 0 bridgehead atoms. The topological polar surface area (TPSA) is 17.1 Å². The highest BCUT2D eigenvalue weighted by molar-refractivity contribution is 5.87. The zero-order valence-corrected chi connectivity index (χ0v) is 8.40. The summed E-state index contributed by atoms with van der Waals surface area (Å²) in [5.41, 5.74) is -0.878. The van der Waals surface area contributed by atoms with E-state index in [0.717, 1.165) is 18.2 Å². The monoisotopic (exact) mass is 198 g/mol. The summed E-state index contributed by atoms with van der Waals surface area (Å²) in [6.45, 7) is 4.52. The second-order valence-electron chi connectivity index (χ2n) is 3.81. The molecule has 1 nitrogen and oxygen atoms in total. The Balaban J connectivity index is 3.31. The third-order valence-electron chi connectivity index (χ3n) is 2.48. The Kier molecular flexibility index (Phi) is 2.69. The number of hydrogen-bond acceptors (Lipinski definition) is 1. The highest BCUT2D eigenvalue weighted by Crippen LogP contribution is 2.27. The van der Waals surface area contributed by atoms with Crippen molar-refractivity contribution in [2.75, 3.05) is 0 Å². The minimum absolute atomic E-state index is 0.102. The van der Waals surface area contributed by atoms with Gasteiger partial charge in [-0.05, 0) is 39.0 Å². The van der Waals surface area contributed by atoms with E-state index < -0.39 is 17.0 Å². The van der Waals surface area contributed by atoms with E-state index in [1.165, 1.54) is 6.92 Å². The zero-order valence-electron chi connectivity index (χ0n) is 8.40. The standard InChI is InChI=1S/C11H12F2O/c1-7(14)11(2,3)9-6-8(12)4-5-10(9)13/h4-6H,1-3H3. The van der Waals surface area contributed by atoms with E-state index in [4.69, 9.17) is 0 Å². The van der Waals surface area contributed by atoms with Crippen LogP contribution in [-0.4, -0.2) is 5.78 Å². The quantitative estimate of drug-likeness (QED) is 0.714. The van der Waals surface area contributed by atoms with Crippen LogP contribution in [0.15, 0.2) is 18.2 Å². The van der Waals surface area contributed by atoms with Crippen LogP contribution in [0.25, 0.3) is 0 Å². The van der Waals surface area contributed by atoms with Crippen molar-refractivity contribution in [1.82, 2.24) is 0 Å². The number of hydrogen-bond donors (Lipinski definition) is 0. The van der Waals surface area contributed by atoms with E-state index in [-0.39, 0.29) is 11.3 Å². The molecule has 0 spiro atoms. The molecular formula is C11H12F2O. The van der Waals surface area contributed by atoms with E-state index in [0.29, 0.717) is 0 Å². The zero-order chi connectivity index (χ0) is 10.9. The van der Waals surface area contributed by atoms with Crippen molar-refractivity contribution < 1.29 is 13.6 Å². The molecule has 0 saturated heterocycles. The number of halogens is 2. The summed E-state index contributed by atoms with van der Waals surface area (Å²) >= 11 is 0. The molecule has 0 unspecified atom stereocenters. The SMILES string of the molecule is CC(=O)C(C)(C)c1cc(F)ccc1F. The van der Waals surface area contributed by atoms with Crippen LogP contribution in [0.5, 0.6) is 0 Å². The molecule has 0 aliphatic heterocycles. The minimum Gasteiger partial charge on any atom is -0.299 e. The molecule has 0 saturated carbocycles. The lowest BCUT2D eigenvalue weighted by atomic mass is 9.81. The second kappa shape index (κ2) is 3.48. The van der Waals surface area contributed by atoms with Gasteiger partial charge in [0.25, 0.3) is 0 Å². The maximum Gasteiger partial charge on any atom is 0.139 e. The van der Waals surface area contributed by atoms with Crippen molar-refractivity contribution in [2.24, 2.45) is 0 Å². The summed E-state index contributed by atoms with van der Waals surface area (Å²) in [5.74, 6) is -1.27. The van der Waals surface area contributed by atoms with Gasteiger partial charge in [-0.15, -0.1) is 0 Å². The van der Waals surface area contributed by atoms with Gasteiger partial charge in [-0.25, -0.2) is 8.78 Å². The van der Waals surface area contributed by atoms with Gasteiger partial charge in [0.05, 0.1) is 5.41 Å². The average molecular weight is 198 g/mol. The van der Waals surface area contributed by atoms with E-state index >= 15 is 0 Å². The molecule has 0 heterocycles. The molecule has 0 radical (unpaired) electrons. The van der Waals surface area contributed by atoms with Crippen LogP contribution in [0, 0.1) is 11.6 Å². The number of carbonyl (C=O) groups is 1. The largest absolute Gasteiger partial charge is 0.299 e. The third kappa shape index (κ3) is 1.81. The van der Waals surface area contributed by atoms with Crippen molar-refractivity contribution >= 4 is 5.78 Å². The van der Waals surface area contributed by atoms with Gasteiger partial charge in [-0.3, -0.25) is 4.79 Å². The smallest absolute Gasteiger partial charge is 0.139 e. The first-order chi connectivity index (χ1) is 6.35. The first kappa shape index (κ1) is 10.8. The molecular weight excluding hydrogens is 186 g/mol. The van der Waals surface area contributed by atoms with Gasteiger partial charge in [0.1, 0.15) is 17.4 Å². The van der Waals surface area contributed by atoms with Crippen LogP contribution in [0.3, 0.4) is 0 Å². The van der Waals surface area contributed by atoms with Crippen molar-refractivity contribution in [2.45, 2.75) is 26.2 Å². The first-order valence-corrected chi connectivity index (χ1v) is 4.32. The van der Waals surface area contributed by atoms with E-state index in [2.05, 4.69) is 0 Å². The fraction of sp³-hybridized carbons (Fsp3) is 0.364. The molecule has 0 N–H and O–H groups in total. The van der Waals surface area contributed by atoms with Crippen molar-refractivity contribution in [3.63, 3.8) is 0 Å². The molecule has 0 amide bonds. The number of ketones is 1. The molecule has 0 aliphatic carbocycles. The lowest BCUT2D eigenvalue weighted by Gasteiger charge is -2.22. The van der Waals surface area contributed by atoms with Gasteiger partial charge in [-0.1, -0.05) is 0 Å². The fourth-order valence-electron chi connectivity index (χ4n) is 1.17. The molecule has 0 fully saturated rings. The third-order valence-corrected chi connectivity index (χ3v) is 2.48. The van der Waals surface area contributed by atoms with Crippen LogP contribution in [0.4, 0.5) is 8.78 Å². The lowest BCUT2D eigenvalue weighted by molar-refractivity contribution is -0.121. The second-order valence-corrected chi connectivity index (χ2v) is 3.81. The molecule has 0 atom stereocenters. The Hall–Kier alpha value is -1.25. The minimum atomic E-state index is -0.980. The Morgan fingerprint density at radius 3 is 2.36 bits per heavy atom. The van der Waals surface area contributed by atoms with Crippen LogP contribution >= 0.6 is 0 Å². The Bertz CT molecular complexity index is 370. The van der Waals surface area contributed by atoms with Gasteiger partial charge in [0.15, 0.2) is 0 Å². The Morgan fingerprint density at radius 2 is 1.86 bits per heavy atom. The lowest BCUT2D eigenvalue weighted by Crippen LogP contribution is -2.27. The highest BCUT2D eigenvalue weighted by Gasteiger charge is 2.29. The number of rotatable bonds is 2. The predicted molar refractivity (Wildman–Crippen MR) is 50.1 cm³/mol. The predicted octanol–water partition coefficient (Wildman–Crippen LogP) is 2.83. The molecule has 0 aliphatic rings. The Labute approximate surface area is 81.7 Å². The average Bonchev–Trinajstić information content (AvgIpc) is 2.08. The molecule has 1 aromatic carbocycles. The fourth-order valence-corrected chi connectivity index (χ4v) is 1.17. The summed E-state index contributed by atoms with van der Waals surface area (Å²) < 4.78 is 26.2. The summed E-state index contributed by atoms with van der Waals surface area (Å²) in [5, 5.41) is 0. The molecule has 1 aromatic rings. The summed E-state index contributed by atoms with van der Waals surface area (Å²) in [7, 11) is 0. The maximum atomic E-state index is 13.3. The first-order valence-electron chi connectivity index (χ1n) is 4.32. The highest BCUT2D eigenvalue weighted by atomic mass is 19.1. The summed E-state index contributed by atoms with van der Waals surface area (Å²) in [4.78, 5) is 11.2. The Morgan fingerprint density at radius 1 is 1.29 bits per heavy atom. The normalized spacial score (nSPS) is 11.5. The van der Waals surface area contributed by atoms with Crippen molar-refractivity contribution in [3.05, 3.63) is 35.4 Å². The molecule has 76 valence electrons. The van der Waals surface area contributed by atoms with Crippen LogP contribution in [0.2, 0.25) is 0 Å².